The molecule has 0 amide bonds. The predicted octanol–water partition coefficient (Wildman–Crippen LogP) is 4.68. The SMILES string of the molecule is CC(C)Cc1cccc(C(C)c2nc3ccc(F)cc3c(=O)o2)c1. The third-order valence-electron chi connectivity index (χ3n) is 4.07. The first-order chi connectivity index (χ1) is 11.4. The van der Waals surface area contributed by atoms with Gasteiger partial charge in [-0.25, -0.2) is 14.2 Å². The summed E-state index contributed by atoms with van der Waals surface area (Å²) in [5.41, 5.74) is 2.19. The fraction of sp³-hybridized carbons (Fsp3) is 0.300. The van der Waals surface area contributed by atoms with Crippen molar-refractivity contribution in [1.82, 2.24) is 4.98 Å². The van der Waals surface area contributed by atoms with Gasteiger partial charge in [-0.15, -0.1) is 0 Å². The standard InChI is InChI=1S/C20H20FNO2/c1-12(2)9-14-5-4-6-15(10-14)13(3)19-22-18-8-7-16(21)11-17(18)20(23)24-19/h4-8,10-13H,9H2,1-3H3. The molecule has 4 heteroatoms. The van der Waals surface area contributed by atoms with E-state index in [2.05, 4.69) is 31.0 Å². The molecule has 0 saturated heterocycles. The molecule has 0 radical (unpaired) electrons. The quantitative estimate of drug-likeness (QED) is 0.699. The molecule has 3 aromatic rings. The first-order valence-corrected chi connectivity index (χ1v) is 8.13. The summed E-state index contributed by atoms with van der Waals surface area (Å²) in [7, 11) is 0. The Balaban J connectivity index is 2.01. The van der Waals surface area contributed by atoms with Crippen molar-refractivity contribution in [1.29, 1.82) is 0 Å². The molecule has 0 spiro atoms. The molecule has 1 heterocycles. The number of fused-ring (bicyclic) bond motifs is 1. The van der Waals surface area contributed by atoms with Crippen molar-refractivity contribution in [2.75, 3.05) is 0 Å². The van der Waals surface area contributed by atoms with Crippen LogP contribution in [0.2, 0.25) is 0 Å². The minimum Gasteiger partial charge on any atom is -0.407 e. The minimum absolute atomic E-state index is 0.153. The molecule has 0 aliphatic carbocycles. The van der Waals surface area contributed by atoms with Crippen LogP contribution in [0.15, 0.2) is 51.7 Å². The van der Waals surface area contributed by atoms with Gasteiger partial charge in [-0.05, 0) is 48.6 Å². The monoisotopic (exact) mass is 325 g/mol. The topological polar surface area (TPSA) is 43.1 Å². The van der Waals surface area contributed by atoms with Gasteiger partial charge < -0.3 is 4.42 Å². The van der Waals surface area contributed by atoms with Crippen molar-refractivity contribution in [3.05, 3.63) is 75.7 Å². The van der Waals surface area contributed by atoms with Crippen molar-refractivity contribution < 1.29 is 8.81 Å². The van der Waals surface area contributed by atoms with Crippen molar-refractivity contribution in [3.63, 3.8) is 0 Å². The van der Waals surface area contributed by atoms with Crippen LogP contribution >= 0.6 is 0 Å². The molecule has 1 aromatic heterocycles. The van der Waals surface area contributed by atoms with Crippen molar-refractivity contribution in [2.45, 2.75) is 33.1 Å². The zero-order valence-corrected chi connectivity index (χ0v) is 14.0. The second-order valence-corrected chi connectivity index (χ2v) is 6.57. The van der Waals surface area contributed by atoms with E-state index in [4.69, 9.17) is 4.42 Å². The van der Waals surface area contributed by atoms with Gasteiger partial charge in [0.1, 0.15) is 5.82 Å². The maximum Gasteiger partial charge on any atom is 0.346 e. The number of hydrogen-bond acceptors (Lipinski definition) is 3. The lowest BCUT2D eigenvalue weighted by molar-refractivity contribution is 0.431. The average Bonchev–Trinajstić information content (AvgIpc) is 2.54. The summed E-state index contributed by atoms with van der Waals surface area (Å²) in [5, 5.41) is 0.166. The molecule has 0 saturated carbocycles. The van der Waals surface area contributed by atoms with E-state index in [1.54, 1.807) is 0 Å². The number of nitrogens with zero attached hydrogens (tertiary/aromatic N) is 1. The summed E-state index contributed by atoms with van der Waals surface area (Å²) in [6, 6.07) is 12.2. The summed E-state index contributed by atoms with van der Waals surface area (Å²) in [6.45, 7) is 6.31. The van der Waals surface area contributed by atoms with E-state index in [1.807, 2.05) is 19.1 Å². The van der Waals surface area contributed by atoms with Gasteiger partial charge in [0.2, 0.25) is 5.89 Å². The molecule has 0 bridgehead atoms. The van der Waals surface area contributed by atoms with Crippen LogP contribution in [0, 0.1) is 11.7 Å². The Labute approximate surface area is 140 Å². The van der Waals surface area contributed by atoms with Gasteiger partial charge in [0.15, 0.2) is 0 Å². The largest absolute Gasteiger partial charge is 0.407 e. The third-order valence-corrected chi connectivity index (χ3v) is 4.07. The van der Waals surface area contributed by atoms with E-state index in [0.717, 1.165) is 18.1 Å². The fourth-order valence-electron chi connectivity index (χ4n) is 2.85. The van der Waals surface area contributed by atoms with Crippen molar-refractivity contribution in [2.24, 2.45) is 5.92 Å². The molecule has 1 atom stereocenters. The highest BCUT2D eigenvalue weighted by Gasteiger charge is 2.16. The lowest BCUT2D eigenvalue weighted by atomic mass is 9.95. The Morgan fingerprint density at radius 3 is 2.67 bits per heavy atom. The average molecular weight is 325 g/mol. The Morgan fingerprint density at radius 2 is 1.92 bits per heavy atom. The van der Waals surface area contributed by atoms with Gasteiger partial charge in [0.25, 0.3) is 0 Å². The van der Waals surface area contributed by atoms with Gasteiger partial charge in [0, 0.05) is 0 Å². The maximum atomic E-state index is 13.3. The van der Waals surface area contributed by atoms with Crippen molar-refractivity contribution >= 4 is 10.9 Å². The van der Waals surface area contributed by atoms with Crippen LogP contribution < -0.4 is 5.63 Å². The second-order valence-electron chi connectivity index (χ2n) is 6.57. The number of rotatable bonds is 4. The van der Waals surface area contributed by atoms with Crippen molar-refractivity contribution in [3.8, 4) is 0 Å². The summed E-state index contributed by atoms with van der Waals surface area (Å²) in [5.74, 6) is 0.293. The zero-order valence-electron chi connectivity index (χ0n) is 14.0. The molecule has 0 aliphatic rings. The molecule has 0 fully saturated rings. The van der Waals surface area contributed by atoms with Gasteiger partial charge in [-0.1, -0.05) is 38.1 Å². The van der Waals surface area contributed by atoms with E-state index >= 15 is 0 Å². The molecule has 124 valence electrons. The Bertz CT molecular complexity index is 930. The van der Waals surface area contributed by atoms with E-state index in [0.29, 0.717) is 17.3 Å². The fourth-order valence-corrected chi connectivity index (χ4v) is 2.85. The lowest BCUT2D eigenvalue weighted by Gasteiger charge is -2.13. The van der Waals surface area contributed by atoms with E-state index in [1.165, 1.54) is 17.7 Å². The number of hydrogen-bond donors (Lipinski definition) is 0. The number of aromatic nitrogens is 1. The molecule has 3 rings (SSSR count). The predicted molar refractivity (Wildman–Crippen MR) is 92.7 cm³/mol. The van der Waals surface area contributed by atoms with E-state index in [-0.39, 0.29) is 11.3 Å². The third kappa shape index (κ3) is 3.37. The first-order valence-electron chi connectivity index (χ1n) is 8.13. The van der Waals surface area contributed by atoms with Crippen LogP contribution in [0.3, 0.4) is 0 Å². The van der Waals surface area contributed by atoms with E-state index in [9.17, 15) is 9.18 Å². The Morgan fingerprint density at radius 1 is 1.12 bits per heavy atom. The van der Waals surface area contributed by atoms with Crippen LogP contribution in [0.1, 0.15) is 43.7 Å². The molecular weight excluding hydrogens is 305 g/mol. The highest BCUT2D eigenvalue weighted by Crippen LogP contribution is 2.24. The molecule has 0 aliphatic heterocycles. The summed E-state index contributed by atoms with van der Waals surface area (Å²) < 4.78 is 18.6. The first kappa shape index (κ1) is 16.4. The summed E-state index contributed by atoms with van der Waals surface area (Å²) in [4.78, 5) is 16.5. The van der Waals surface area contributed by atoms with Crippen LogP contribution in [0.25, 0.3) is 10.9 Å². The van der Waals surface area contributed by atoms with Gasteiger partial charge in [-0.3, -0.25) is 0 Å². The van der Waals surface area contributed by atoms with Gasteiger partial charge in [0.05, 0.1) is 16.8 Å². The Hall–Kier alpha value is -2.49. The van der Waals surface area contributed by atoms with Crippen LogP contribution in [0.5, 0.6) is 0 Å². The van der Waals surface area contributed by atoms with Crippen LogP contribution in [0.4, 0.5) is 4.39 Å². The second kappa shape index (κ2) is 6.56. The molecule has 3 nitrogen and oxygen atoms in total. The summed E-state index contributed by atoms with van der Waals surface area (Å²) in [6.07, 6.45) is 0.995. The molecule has 24 heavy (non-hydrogen) atoms. The molecule has 2 aromatic carbocycles. The molecule has 1 unspecified atom stereocenters. The smallest absolute Gasteiger partial charge is 0.346 e. The number of benzene rings is 2. The van der Waals surface area contributed by atoms with Crippen LogP contribution in [-0.2, 0) is 6.42 Å². The van der Waals surface area contributed by atoms with Gasteiger partial charge >= 0.3 is 5.63 Å². The maximum absolute atomic E-state index is 13.3. The summed E-state index contributed by atoms with van der Waals surface area (Å²) >= 11 is 0. The normalized spacial score (nSPS) is 12.7. The Kier molecular flexibility index (Phi) is 4.47. The van der Waals surface area contributed by atoms with E-state index < -0.39 is 11.4 Å². The van der Waals surface area contributed by atoms with Crippen LogP contribution in [-0.4, -0.2) is 4.98 Å². The molecular formula is C20H20FNO2. The number of halogens is 1. The van der Waals surface area contributed by atoms with Gasteiger partial charge in [-0.2, -0.15) is 0 Å². The zero-order chi connectivity index (χ0) is 17.3. The highest BCUT2D eigenvalue weighted by molar-refractivity contribution is 5.76. The molecule has 0 N–H and O–H groups in total. The highest BCUT2D eigenvalue weighted by atomic mass is 19.1. The lowest BCUT2D eigenvalue weighted by Crippen LogP contribution is -2.09. The minimum atomic E-state index is -0.556.